The highest BCUT2D eigenvalue weighted by molar-refractivity contribution is 5.66. The van der Waals surface area contributed by atoms with Crippen LogP contribution >= 0.6 is 0 Å². The zero-order valence-corrected chi connectivity index (χ0v) is 23.6. The molecule has 0 heterocycles. The fraction of sp³-hybridized carbons (Fsp3) is 0.903. The molecule has 35 heavy (non-hydrogen) atoms. The van der Waals surface area contributed by atoms with Crippen LogP contribution < -0.4 is 0 Å². The molecular weight excluding hydrogens is 436 g/mol. The van der Waals surface area contributed by atoms with Crippen LogP contribution in [0.4, 0.5) is 0 Å². The van der Waals surface area contributed by atoms with E-state index in [9.17, 15) is 9.90 Å². The summed E-state index contributed by atoms with van der Waals surface area (Å²) in [5, 5.41) is 12.3. The lowest BCUT2D eigenvalue weighted by molar-refractivity contribution is -0.225. The molecule has 0 amide bonds. The summed E-state index contributed by atoms with van der Waals surface area (Å²) in [6, 6.07) is 0. The summed E-state index contributed by atoms with van der Waals surface area (Å²) in [7, 11) is 0. The number of hydrogen-bond acceptors (Lipinski definition) is 4. The maximum absolute atomic E-state index is 12.3. The normalized spacial score (nSPS) is 43.7. The van der Waals surface area contributed by atoms with Gasteiger partial charge in [-0.1, -0.05) is 65.5 Å². The maximum Gasteiger partial charge on any atom is 0.302 e. The van der Waals surface area contributed by atoms with Crippen LogP contribution in [-0.4, -0.2) is 35.5 Å². The van der Waals surface area contributed by atoms with Gasteiger partial charge in [0.1, 0.15) is 17.8 Å². The van der Waals surface area contributed by atoms with E-state index in [1.165, 1.54) is 45.4 Å². The Morgan fingerprint density at radius 2 is 1.83 bits per heavy atom. The van der Waals surface area contributed by atoms with Crippen molar-refractivity contribution in [2.75, 3.05) is 6.61 Å². The van der Waals surface area contributed by atoms with Crippen LogP contribution in [-0.2, 0) is 14.3 Å². The number of carbonyl (C=O) groups is 1. The molecule has 3 fully saturated rings. The zero-order valence-electron chi connectivity index (χ0n) is 23.6. The van der Waals surface area contributed by atoms with Crippen LogP contribution in [0.5, 0.6) is 0 Å². The van der Waals surface area contributed by atoms with Gasteiger partial charge in [0.05, 0.1) is 0 Å². The molecule has 0 unspecified atom stereocenters. The summed E-state index contributed by atoms with van der Waals surface area (Å²) in [6.45, 7) is 16.2. The number of carbonyl (C=O) groups excluding carboxylic acids is 1. The number of aliphatic hydroxyl groups is 1. The first-order valence-corrected chi connectivity index (χ1v) is 14.7. The van der Waals surface area contributed by atoms with E-state index in [4.69, 9.17) is 9.47 Å². The molecule has 4 nitrogen and oxygen atoms in total. The van der Waals surface area contributed by atoms with Gasteiger partial charge in [0.2, 0.25) is 0 Å². The molecule has 4 aliphatic rings. The average molecular weight is 489 g/mol. The smallest absolute Gasteiger partial charge is 0.302 e. The molecule has 0 aliphatic heterocycles. The number of esters is 1. The third-order valence-corrected chi connectivity index (χ3v) is 11.1. The summed E-state index contributed by atoms with van der Waals surface area (Å²) in [6.07, 6.45) is 13.1. The molecule has 0 aromatic carbocycles. The number of rotatable bonds is 8. The lowest BCUT2D eigenvalue weighted by atomic mass is 9.45. The summed E-state index contributed by atoms with van der Waals surface area (Å²) >= 11 is 0. The summed E-state index contributed by atoms with van der Waals surface area (Å²) in [5.74, 6) is 3.11. The van der Waals surface area contributed by atoms with Gasteiger partial charge in [0, 0.05) is 25.4 Å². The van der Waals surface area contributed by atoms with Gasteiger partial charge in [-0.3, -0.25) is 4.79 Å². The minimum absolute atomic E-state index is 0.222. The highest BCUT2D eigenvalue weighted by atomic mass is 16.5. The summed E-state index contributed by atoms with van der Waals surface area (Å²) in [5.41, 5.74) is 0.713. The fourth-order valence-corrected chi connectivity index (χ4v) is 9.23. The van der Waals surface area contributed by atoms with Crippen molar-refractivity contribution in [3.05, 3.63) is 11.6 Å². The molecule has 0 aromatic rings. The topological polar surface area (TPSA) is 55.8 Å². The summed E-state index contributed by atoms with van der Waals surface area (Å²) < 4.78 is 11.9. The Balaban J connectivity index is 1.61. The molecule has 4 heteroatoms. The number of allylic oxidation sites excluding steroid dienone is 1. The van der Waals surface area contributed by atoms with E-state index >= 15 is 0 Å². The van der Waals surface area contributed by atoms with Gasteiger partial charge in [-0.05, 0) is 80.5 Å². The number of ether oxygens (including phenoxy) is 2. The Bertz CT molecular complexity index is 804. The van der Waals surface area contributed by atoms with Gasteiger partial charge in [-0.25, -0.2) is 0 Å². The van der Waals surface area contributed by atoms with Gasteiger partial charge in [0.25, 0.3) is 0 Å². The lowest BCUT2D eigenvalue weighted by Gasteiger charge is -2.62. The molecule has 0 saturated heterocycles. The van der Waals surface area contributed by atoms with Gasteiger partial charge >= 0.3 is 5.97 Å². The second kappa shape index (κ2) is 10.1. The molecule has 4 rings (SSSR count). The Hall–Kier alpha value is -0.870. The third kappa shape index (κ3) is 4.65. The SMILES string of the molecule is CCO[C@@H]1C=C2[C@@H]3CC[C@H]([C@H](C)CCCC(C)C)[C@@]3(C)CC[C@@H]2[C@@]2(C)CC[C@H](OC(C)=O)C[C@]12O. The monoisotopic (exact) mass is 488 g/mol. The predicted molar refractivity (Wildman–Crippen MR) is 141 cm³/mol. The molecule has 4 aliphatic carbocycles. The second-order valence-electron chi connectivity index (χ2n) is 13.5. The van der Waals surface area contributed by atoms with E-state index in [0.717, 1.165) is 37.0 Å². The van der Waals surface area contributed by atoms with Crippen LogP contribution in [0.2, 0.25) is 0 Å². The van der Waals surface area contributed by atoms with E-state index in [0.29, 0.717) is 30.3 Å². The van der Waals surface area contributed by atoms with Crippen molar-refractivity contribution < 1.29 is 19.4 Å². The Kier molecular flexibility index (Phi) is 7.86. The maximum atomic E-state index is 12.3. The first-order chi connectivity index (χ1) is 16.5. The lowest BCUT2D eigenvalue weighted by Crippen LogP contribution is -2.66. The first kappa shape index (κ1) is 27.2. The van der Waals surface area contributed by atoms with Crippen molar-refractivity contribution >= 4 is 5.97 Å². The van der Waals surface area contributed by atoms with Gasteiger partial charge in [-0.2, -0.15) is 0 Å². The quantitative estimate of drug-likeness (QED) is 0.293. The van der Waals surface area contributed by atoms with Crippen LogP contribution in [0.25, 0.3) is 0 Å². The minimum Gasteiger partial charge on any atom is -0.462 e. The Morgan fingerprint density at radius 1 is 1.09 bits per heavy atom. The van der Waals surface area contributed by atoms with E-state index in [1.807, 2.05) is 6.92 Å². The zero-order chi connectivity index (χ0) is 25.6. The molecular formula is C31H52O4. The van der Waals surface area contributed by atoms with Gasteiger partial charge in [0.15, 0.2) is 0 Å². The molecule has 0 radical (unpaired) electrons. The Morgan fingerprint density at radius 3 is 2.49 bits per heavy atom. The third-order valence-electron chi connectivity index (χ3n) is 11.1. The van der Waals surface area contributed by atoms with E-state index in [1.54, 1.807) is 5.57 Å². The number of hydrogen-bond donors (Lipinski definition) is 1. The van der Waals surface area contributed by atoms with Crippen LogP contribution in [0.1, 0.15) is 113 Å². The molecule has 3 saturated carbocycles. The van der Waals surface area contributed by atoms with Crippen LogP contribution in [0.15, 0.2) is 11.6 Å². The standard InChI is InChI=1S/C31H52O4/c1-8-34-28-18-24-26-13-12-25(21(4)11-9-10-20(2)3)29(26,6)16-15-27(24)30(7)17-14-23(35-22(5)32)19-31(28,30)33/h18,20-21,23,25-28,33H,8-17,19H2,1-7H3/t21-,23+,25-,26+,27+,28-,29-,30-,31+/m1/s1. The highest BCUT2D eigenvalue weighted by Crippen LogP contribution is 2.68. The van der Waals surface area contributed by atoms with Gasteiger partial charge in [-0.15, -0.1) is 0 Å². The minimum atomic E-state index is -0.995. The van der Waals surface area contributed by atoms with Crippen molar-refractivity contribution in [3.8, 4) is 0 Å². The fourth-order valence-electron chi connectivity index (χ4n) is 9.23. The van der Waals surface area contributed by atoms with E-state index in [-0.39, 0.29) is 23.6 Å². The van der Waals surface area contributed by atoms with Crippen LogP contribution in [0.3, 0.4) is 0 Å². The molecule has 0 aromatic heterocycles. The average Bonchev–Trinajstić information content (AvgIpc) is 3.12. The second-order valence-corrected chi connectivity index (χ2v) is 13.5. The highest BCUT2D eigenvalue weighted by Gasteiger charge is 2.65. The summed E-state index contributed by atoms with van der Waals surface area (Å²) in [4.78, 5) is 11.7. The van der Waals surface area contributed by atoms with Crippen molar-refractivity contribution in [1.29, 1.82) is 0 Å². The molecule has 9 atom stereocenters. The molecule has 200 valence electrons. The molecule has 1 N–H and O–H groups in total. The number of fused-ring (bicyclic) bond motifs is 5. The molecule has 0 bridgehead atoms. The van der Waals surface area contributed by atoms with Crippen molar-refractivity contribution in [2.24, 2.45) is 40.4 Å². The van der Waals surface area contributed by atoms with Gasteiger partial charge < -0.3 is 14.6 Å². The molecule has 0 spiro atoms. The van der Waals surface area contributed by atoms with E-state index in [2.05, 4.69) is 40.7 Å². The van der Waals surface area contributed by atoms with E-state index < -0.39 is 5.60 Å². The van der Waals surface area contributed by atoms with Crippen molar-refractivity contribution in [1.82, 2.24) is 0 Å². The van der Waals surface area contributed by atoms with Crippen molar-refractivity contribution in [2.45, 2.75) is 130 Å². The predicted octanol–water partition coefficient (Wildman–Crippen LogP) is 7.09. The largest absolute Gasteiger partial charge is 0.462 e. The van der Waals surface area contributed by atoms with Crippen molar-refractivity contribution in [3.63, 3.8) is 0 Å². The Labute approximate surface area is 214 Å². The van der Waals surface area contributed by atoms with Crippen LogP contribution in [0, 0.1) is 40.4 Å². The first-order valence-electron chi connectivity index (χ1n) is 14.7.